The third-order valence-corrected chi connectivity index (χ3v) is 3.83. The highest BCUT2D eigenvalue weighted by molar-refractivity contribution is 5.44. The number of hydrogen-bond donors (Lipinski definition) is 1. The molecule has 1 aromatic rings. The summed E-state index contributed by atoms with van der Waals surface area (Å²) in [7, 11) is 3.59. The van der Waals surface area contributed by atoms with Gasteiger partial charge in [-0.05, 0) is 51.1 Å². The monoisotopic (exact) mass is 265 g/mol. The van der Waals surface area contributed by atoms with Crippen LogP contribution in [0.1, 0.15) is 23.6 Å². The molecule has 1 N–H and O–H groups in total. The minimum absolute atomic E-state index is 0.241. The van der Waals surface area contributed by atoms with E-state index in [4.69, 9.17) is 14.2 Å². The smallest absolute Gasteiger partial charge is 0.195 e. The molecule has 1 saturated heterocycles. The fraction of sp³-hybridized carbons (Fsp3) is 0.600. The van der Waals surface area contributed by atoms with Gasteiger partial charge in [-0.25, -0.2) is 0 Å². The summed E-state index contributed by atoms with van der Waals surface area (Å²) in [5.74, 6) is 0.0745. The Kier molecular flexibility index (Phi) is 4.13. The van der Waals surface area contributed by atoms with E-state index in [9.17, 15) is 0 Å². The van der Waals surface area contributed by atoms with Crippen LogP contribution in [0, 0.1) is 13.8 Å². The molecule has 19 heavy (non-hydrogen) atoms. The zero-order valence-corrected chi connectivity index (χ0v) is 12.4. The van der Waals surface area contributed by atoms with Crippen LogP contribution in [0.2, 0.25) is 0 Å². The van der Waals surface area contributed by atoms with Crippen LogP contribution in [0.5, 0.6) is 5.75 Å². The van der Waals surface area contributed by atoms with E-state index in [1.165, 1.54) is 11.1 Å². The molecule has 0 saturated carbocycles. The maximum Gasteiger partial charge on any atom is 0.195 e. The van der Waals surface area contributed by atoms with Crippen LogP contribution in [0.3, 0.4) is 0 Å². The van der Waals surface area contributed by atoms with Crippen molar-refractivity contribution in [3.05, 3.63) is 28.8 Å². The number of nitrogens with one attached hydrogen (secondary N) is 1. The maximum absolute atomic E-state index is 5.93. The van der Waals surface area contributed by atoms with E-state index in [0.717, 1.165) is 11.3 Å². The van der Waals surface area contributed by atoms with Crippen molar-refractivity contribution in [2.45, 2.75) is 32.6 Å². The Morgan fingerprint density at radius 2 is 1.79 bits per heavy atom. The average Bonchev–Trinajstić information content (AvgIpc) is 2.42. The lowest BCUT2D eigenvalue weighted by Gasteiger charge is -2.38. The first-order chi connectivity index (χ1) is 9.00. The van der Waals surface area contributed by atoms with Gasteiger partial charge in [0.25, 0.3) is 0 Å². The summed E-state index contributed by atoms with van der Waals surface area (Å²) in [6.07, 6.45) is 0. The van der Waals surface area contributed by atoms with Crippen molar-refractivity contribution in [2.75, 3.05) is 27.4 Å². The predicted octanol–water partition coefficient (Wildman–Crippen LogP) is 2.12. The third kappa shape index (κ3) is 2.76. The SMILES string of the molecule is CNC1COC(C)(c2cc(C)c(C)cc2OC)OC1. The summed E-state index contributed by atoms with van der Waals surface area (Å²) in [6, 6.07) is 4.37. The van der Waals surface area contributed by atoms with Crippen LogP contribution < -0.4 is 10.1 Å². The minimum Gasteiger partial charge on any atom is -0.496 e. The molecule has 1 aliphatic heterocycles. The number of benzene rings is 1. The zero-order valence-electron chi connectivity index (χ0n) is 12.4. The van der Waals surface area contributed by atoms with Crippen LogP contribution in [0.25, 0.3) is 0 Å². The number of ether oxygens (including phenoxy) is 3. The largest absolute Gasteiger partial charge is 0.496 e. The van der Waals surface area contributed by atoms with Gasteiger partial charge in [0.1, 0.15) is 5.75 Å². The molecule has 0 radical (unpaired) electrons. The summed E-state index contributed by atoms with van der Waals surface area (Å²) < 4.78 is 17.3. The highest BCUT2D eigenvalue weighted by atomic mass is 16.7. The van der Waals surface area contributed by atoms with E-state index in [1.54, 1.807) is 7.11 Å². The van der Waals surface area contributed by atoms with Crippen molar-refractivity contribution in [1.82, 2.24) is 5.32 Å². The van der Waals surface area contributed by atoms with E-state index < -0.39 is 5.79 Å². The van der Waals surface area contributed by atoms with Gasteiger partial charge in [0.2, 0.25) is 0 Å². The molecule has 106 valence electrons. The molecule has 4 heteroatoms. The quantitative estimate of drug-likeness (QED) is 0.908. The molecular formula is C15H23NO3. The van der Waals surface area contributed by atoms with Gasteiger partial charge in [0.05, 0.1) is 31.9 Å². The second kappa shape index (κ2) is 5.49. The molecular weight excluding hydrogens is 242 g/mol. The molecule has 0 unspecified atom stereocenters. The molecule has 2 rings (SSSR count). The zero-order chi connectivity index (χ0) is 14.0. The molecule has 0 aliphatic carbocycles. The van der Waals surface area contributed by atoms with Crippen molar-refractivity contribution < 1.29 is 14.2 Å². The Hall–Kier alpha value is -1.10. The van der Waals surface area contributed by atoms with Crippen molar-refractivity contribution in [1.29, 1.82) is 0 Å². The highest BCUT2D eigenvalue weighted by Gasteiger charge is 2.37. The summed E-state index contributed by atoms with van der Waals surface area (Å²) in [4.78, 5) is 0. The van der Waals surface area contributed by atoms with E-state index in [1.807, 2.05) is 20.0 Å². The van der Waals surface area contributed by atoms with Gasteiger partial charge in [0.15, 0.2) is 5.79 Å². The summed E-state index contributed by atoms with van der Waals surface area (Å²) >= 11 is 0. The molecule has 1 aromatic carbocycles. The van der Waals surface area contributed by atoms with Crippen molar-refractivity contribution in [2.24, 2.45) is 0 Å². The van der Waals surface area contributed by atoms with Crippen molar-refractivity contribution in [3.8, 4) is 5.75 Å². The first kappa shape index (κ1) is 14.3. The predicted molar refractivity (Wildman–Crippen MR) is 74.6 cm³/mol. The van der Waals surface area contributed by atoms with Crippen molar-refractivity contribution >= 4 is 0 Å². The fourth-order valence-electron chi connectivity index (χ4n) is 2.24. The van der Waals surface area contributed by atoms with Gasteiger partial charge in [0, 0.05) is 0 Å². The molecule has 0 spiro atoms. The Labute approximate surface area is 115 Å². The summed E-state index contributed by atoms with van der Waals surface area (Å²) in [6.45, 7) is 7.36. The maximum atomic E-state index is 5.93. The first-order valence-corrected chi connectivity index (χ1v) is 6.61. The van der Waals surface area contributed by atoms with Gasteiger partial charge in [-0.1, -0.05) is 0 Å². The summed E-state index contributed by atoms with van der Waals surface area (Å²) in [5.41, 5.74) is 3.36. The molecule has 0 bridgehead atoms. The topological polar surface area (TPSA) is 39.7 Å². The average molecular weight is 265 g/mol. The normalized spacial score (nSPS) is 27.3. The Balaban J connectivity index is 2.33. The Bertz CT molecular complexity index is 451. The lowest BCUT2D eigenvalue weighted by molar-refractivity contribution is -0.273. The number of methoxy groups -OCH3 is 1. The second-order valence-electron chi connectivity index (χ2n) is 5.19. The van der Waals surface area contributed by atoms with Crippen LogP contribution in [-0.2, 0) is 15.3 Å². The van der Waals surface area contributed by atoms with Gasteiger partial charge < -0.3 is 19.5 Å². The number of likely N-dealkylation sites (N-methyl/N-ethyl adjacent to an activating group) is 1. The Morgan fingerprint density at radius 1 is 1.21 bits per heavy atom. The van der Waals surface area contributed by atoms with Crippen molar-refractivity contribution in [3.63, 3.8) is 0 Å². The van der Waals surface area contributed by atoms with E-state index in [2.05, 4.69) is 25.2 Å². The molecule has 0 atom stereocenters. The molecule has 0 aromatic heterocycles. The minimum atomic E-state index is -0.739. The molecule has 1 aliphatic rings. The van der Waals surface area contributed by atoms with Gasteiger partial charge in [-0.3, -0.25) is 0 Å². The summed E-state index contributed by atoms with van der Waals surface area (Å²) in [5, 5.41) is 3.16. The van der Waals surface area contributed by atoms with E-state index in [-0.39, 0.29) is 6.04 Å². The fourth-order valence-corrected chi connectivity index (χ4v) is 2.24. The lowest BCUT2D eigenvalue weighted by Crippen LogP contribution is -2.47. The van der Waals surface area contributed by atoms with Crippen LogP contribution >= 0.6 is 0 Å². The van der Waals surface area contributed by atoms with Gasteiger partial charge in [-0.15, -0.1) is 0 Å². The number of hydrogen-bond acceptors (Lipinski definition) is 4. The molecule has 0 amide bonds. The second-order valence-corrected chi connectivity index (χ2v) is 5.19. The Morgan fingerprint density at radius 3 is 2.32 bits per heavy atom. The first-order valence-electron chi connectivity index (χ1n) is 6.61. The standard InChI is InChI=1S/C15H23NO3/c1-10-6-13(14(17-5)7-11(10)2)15(3)18-8-12(16-4)9-19-15/h6-7,12,16H,8-9H2,1-5H3. The van der Waals surface area contributed by atoms with Gasteiger partial charge in [-0.2, -0.15) is 0 Å². The van der Waals surface area contributed by atoms with Crippen LogP contribution in [0.4, 0.5) is 0 Å². The number of aryl methyl sites for hydroxylation is 2. The van der Waals surface area contributed by atoms with E-state index >= 15 is 0 Å². The molecule has 1 heterocycles. The highest BCUT2D eigenvalue weighted by Crippen LogP contribution is 2.37. The molecule has 1 fully saturated rings. The van der Waals surface area contributed by atoms with E-state index in [0.29, 0.717) is 13.2 Å². The van der Waals surface area contributed by atoms with Gasteiger partial charge >= 0.3 is 0 Å². The lowest BCUT2D eigenvalue weighted by atomic mass is 9.99. The van der Waals surface area contributed by atoms with Crippen LogP contribution in [0.15, 0.2) is 12.1 Å². The van der Waals surface area contributed by atoms with Crippen LogP contribution in [-0.4, -0.2) is 33.4 Å². The third-order valence-electron chi connectivity index (χ3n) is 3.83. The number of rotatable bonds is 3. The molecule has 4 nitrogen and oxygen atoms in total.